The molecule has 1 aromatic heterocycles. The maximum Gasteiger partial charge on any atom is 0.337 e. The largest absolute Gasteiger partial charge is 0.465 e. The lowest BCUT2D eigenvalue weighted by Crippen LogP contribution is -2.11. The van der Waals surface area contributed by atoms with Gasteiger partial charge in [-0.05, 0) is 42.5 Å². The summed E-state index contributed by atoms with van der Waals surface area (Å²) in [6.45, 7) is 0. The van der Waals surface area contributed by atoms with Crippen LogP contribution in [0, 0.1) is 0 Å². The first-order valence-corrected chi connectivity index (χ1v) is 8.12. The highest BCUT2D eigenvalue weighted by molar-refractivity contribution is 6.13. The molecule has 8 nitrogen and oxygen atoms in total. The molecule has 1 aliphatic heterocycles. The van der Waals surface area contributed by atoms with E-state index in [1.165, 1.54) is 13.4 Å². The lowest BCUT2D eigenvalue weighted by molar-refractivity contribution is 0.0600. The lowest BCUT2D eigenvalue weighted by atomic mass is 10.1. The Balaban J connectivity index is 1.71. The number of amides is 1. The highest BCUT2D eigenvalue weighted by Gasteiger charge is 2.20. The van der Waals surface area contributed by atoms with Gasteiger partial charge >= 0.3 is 5.97 Å². The number of benzene rings is 2. The number of esters is 1. The third-order valence-electron chi connectivity index (χ3n) is 4.08. The van der Waals surface area contributed by atoms with Crippen LogP contribution in [0.1, 0.15) is 20.7 Å². The number of rotatable bonds is 3. The SMILES string of the molecule is COC(=O)c1ccc2c(c1)Nc1cc(Nc3ccncn3)ccc1C(=O)N2. The zero-order valence-electron chi connectivity index (χ0n) is 14.3. The van der Waals surface area contributed by atoms with Gasteiger partial charge in [0.25, 0.3) is 5.91 Å². The molecule has 0 aliphatic carbocycles. The van der Waals surface area contributed by atoms with Gasteiger partial charge in [0, 0.05) is 11.9 Å². The molecule has 27 heavy (non-hydrogen) atoms. The van der Waals surface area contributed by atoms with Crippen molar-refractivity contribution in [2.45, 2.75) is 0 Å². The standard InChI is InChI=1S/C19H15N5O3/c1-27-19(26)11-2-5-14-16(8-11)23-15-9-12(3-4-13(15)18(25)24-14)22-17-6-7-20-10-21-17/h2-10,23H,1H3,(H,24,25)(H,20,21,22). The Bertz CT molecular complexity index is 1040. The Hall–Kier alpha value is -3.94. The summed E-state index contributed by atoms with van der Waals surface area (Å²) in [7, 11) is 1.32. The second kappa shape index (κ2) is 6.75. The molecule has 3 N–H and O–H groups in total. The molecule has 2 heterocycles. The lowest BCUT2D eigenvalue weighted by Gasteiger charge is -2.12. The van der Waals surface area contributed by atoms with Gasteiger partial charge < -0.3 is 20.7 Å². The molecule has 0 atom stereocenters. The maximum atomic E-state index is 12.5. The first-order chi connectivity index (χ1) is 13.1. The van der Waals surface area contributed by atoms with Crippen LogP contribution in [0.3, 0.4) is 0 Å². The molecular weight excluding hydrogens is 346 g/mol. The van der Waals surface area contributed by atoms with Crippen molar-refractivity contribution < 1.29 is 14.3 Å². The van der Waals surface area contributed by atoms with E-state index in [2.05, 4.69) is 25.9 Å². The number of fused-ring (bicyclic) bond motifs is 2. The van der Waals surface area contributed by atoms with E-state index in [9.17, 15) is 9.59 Å². The van der Waals surface area contributed by atoms with E-state index < -0.39 is 5.97 Å². The van der Waals surface area contributed by atoms with Crippen LogP contribution in [0.25, 0.3) is 0 Å². The molecule has 0 radical (unpaired) electrons. The monoisotopic (exact) mass is 361 g/mol. The van der Waals surface area contributed by atoms with Crippen molar-refractivity contribution in [2.75, 3.05) is 23.1 Å². The quantitative estimate of drug-likeness (QED) is 0.615. The summed E-state index contributed by atoms with van der Waals surface area (Å²) in [6.07, 6.45) is 3.08. The summed E-state index contributed by atoms with van der Waals surface area (Å²) >= 11 is 0. The molecule has 1 aliphatic rings. The number of carbonyl (C=O) groups excluding carboxylic acids is 2. The minimum absolute atomic E-state index is 0.240. The van der Waals surface area contributed by atoms with Crippen LogP contribution >= 0.6 is 0 Å². The van der Waals surface area contributed by atoms with Gasteiger partial charge in [-0.1, -0.05) is 0 Å². The van der Waals surface area contributed by atoms with Crippen molar-refractivity contribution >= 4 is 40.4 Å². The fourth-order valence-electron chi connectivity index (χ4n) is 2.77. The van der Waals surface area contributed by atoms with Crippen LogP contribution in [0.15, 0.2) is 55.0 Å². The Labute approximate surface area is 154 Å². The summed E-state index contributed by atoms with van der Waals surface area (Å²) in [5.74, 6) is -0.0540. The van der Waals surface area contributed by atoms with Crippen molar-refractivity contribution in [2.24, 2.45) is 0 Å². The molecule has 0 saturated heterocycles. The summed E-state index contributed by atoms with van der Waals surface area (Å²) in [6, 6.07) is 12.0. The predicted octanol–water partition coefficient (Wildman–Crippen LogP) is 3.32. The van der Waals surface area contributed by atoms with Gasteiger partial charge in [-0.3, -0.25) is 4.79 Å². The smallest absolute Gasteiger partial charge is 0.337 e. The number of hydrogen-bond donors (Lipinski definition) is 3. The normalized spacial score (nSPS) is 12.0. The van der Waals surface area contributed by atoms with Crippen LogP contribution in [0.2, 0.25) is 0 Å². The summed E-state index contributed by atoms with van der Waals surface area (Å²) in [4.78, 5) is 32.3. The van der Waals surface area contributed by atoms with Gasteiger partial charge in [0.1, 0.15) is 12.1 Å². The second-order valence-corrected chi connectivity index (χ2v) is 5.81. The summed E-state index contributed by atoms with van der Waals surface area (Å²) in [5.41, 5.74) is 3.40. The minimum atomic E-state index is -0.449. The molecule has 4 rings (SSSR count). The van der Waals surface area contributed by atoms with Crippen molar-refractivity contribution in [3.05, 3.63) is 66.1 Å². The average molecular weight is 361 g/mol. The number of nitrogens with one attached hydrogen (secondary N) is 3. The molecule has 0 spiro atoms. The maximum absolute atomic E-state index is 12.5. The number of aromatic nitrogens is 2. The number of ether oxygens (including phenoxy) is 1. The molecule has 1 amide bonds. The van der Waals surface area contributed by atoms with Crippen LogP contribution in [0.5, 0.6) is 0 Å². The van der Waals surface area contributed by atoms with E-state index in [0.29, 0.717) is 34.0 Å². The van der Waals surface area contributed by atoms with Crippen LogP contribution in [-0.2, 0) is 4.74 Å². The van der Waals surface area contributed by atoms with Crippen molar-refractivity contribution in [3.63, 3.8) is 0 Å². The molecule has 0 saturated carbocycles. The third-order valence-corrected chi connectivity index (χ3v) is 4.08. The fourth-order valence-corrected chi connectivity index (χ4v) is 2.77. The van der Waals surface area contributed by atoms with Crippen molar-refractivity contribution in [3.8, 4) is 0 Å². The Morgan fingerprint density at radius 3 is 2.70 bits per heavy atom. The third kappa shape index (κ3) is 3.28. The van der Waals surface area contributed by atoms with E-state index in [0.717, 1.165) is 5.69 Å². The predicted molar refractivity (Wildman–Crippen MR) is 101 cm³/mol. The van der Waals surface area contributed by atoms with Gasteiger partial charge in [0.05, 0.1) is 35.3 Å². The van der Waals surface area contributed by atoms with Crippen LogP contribution in [0.4, 0.5) is 28.6 Å². The number of hydrogen-bond acceptors (Lipinski definition) is 7. The molecule has 8 heteroatoms. The van der Waals surface area contributed by atoms with E-state index >= 15 is 0 Å². The van der Waals surface area contributed by atoms with Gasteiger partial charge in [0.2, 0.25) is 0 Å². The van der Waals surface area contributed by atoms with E-state index in [1.807, 2.05) is 0 Å². The summed E-state index contributed by atoms with van der Waals surface area (Å²) in [5, 5.41) is 9.21. The van der Waals surface area contributed by atoms with E-state index in [1.54, 1.807) is 48.7 Å². The molecule has 134 valence electrons. The van der Waals surface area contributed by atoms with Crippen LogP contribution in [-0.4, -0.2) is 29.0 Å². The number of nitrogens with zero attached hydrogens (tertiary/aromatic N) is 2. The molecule has 0 fully saturated rings. The van der Waals surface area contributed by atoms with Crippen molar-refractivity contribution in [1.29, 1.82) is 0 Å². The average Bonchev–Trinajstić information content (AvgIpc) is 2.83. The Morgan fingerprint density at radius 1 is 1.04 bits per heavy atom. The van der Waals surface area contributed by atoms with Crippen LogP contribution < -0.4 is 16.0 Å². The fraction of sp³-hybridized carbons (Fsp3) is 0.0526. The zero-order valence-corrected chi connectivity index (χ0v) is 14.3. The van der Waals surface area contributed by atoms with Gasteiger partial charge in [-0.2, -0.15) is 0 Å². The topological polar surface area (TPSA) is 105 Å². The first kappa shape index (κ1) is 16.5. The first-order valence-electron chi connectivity index (χ1n) is 8.12. The molecule has 0 unspecified atom stereocenters. The van der Waals surface area contributed by atoms with E-state index in [4.69, 9.17) is 4.74 Å². The zero-order chi connectivity index (χ0) is 18.8. The molecule has 0 bridgehead atoms. The molecule has 3 aromatic rings. The van der Waals surface area contributed by atoms with Gasteiger partial charge in [-0.25, -0.2) is 14.8 Å². The molecule has 2 aromatic carbocycles. The van der Waals surface area contributed by atoms with Gasteiger partial charge in [-0.15, -0.1) is 0 Å². The van der Waals surface area contributed by atoms with Gasteiger partial charge in [0.15, 0.2) is 0 Å². The highest BCUT2D eigenvalue weighted by Crippen LogP contribution is 2.34. The Morgan fingerprint density at radius 2 is 1.93 bits per heavy atom. The molecular formula is C19H15N5O3. The second-order valence-electron chi connectivity index (χ2n) is 5.81. The minimum Gasteiger partial charge on any atom is -0.465 e. The Kier molecular flexibility index (Phi) is 4.13. The summed E-state index contributed by atoms with van der Waals surface area (Å²) < 4.78 is 4.76. The number of anilines is 5. The van der Waals surface area contributed by atoms with E-state index in [-0.39, 0.29) is 5.91 Å². The van der Waals surface area contributed by atoms with Crippen molar-refractivity contribution in [1.82, 2.24) is 9.97 Å². The number of carbonyl (C=O) groups is 2. The number of methoxy groups -OCH3 is 1. The highest BCUT2D eigenvalue weighted by atomic mass is 16.5.